The van der Waals surface area contributed by atoms with E-state index in [0.717, 1.165) is 81.8 Å². The topological polar surface area (TPSA) is 51.8 Å². The van der Waals surface area contributed by atoms with E-state index in [-0.39, 0.29) is 0 Å². The van der Waals surface area contributed by atoms with E-state index >= 15 is 0 Å². The van der Waals surface area contributed by atoms with Crippen LogP contribution >= 0.6 is 0 Å². The van der Waals surface area contributed by atoms with Crippen LogP contribution in [-0.2, 0) is 0 Å². The number of fused-ring (bicyclic) bond motifs is 2. The van der Waals surface area contributed by atoms with Gasteiger partial charge in [0.05, 0.1) is 0 Å². The highest BCUT2D eigenvalue weighted by atomic mass is 16.3. The molecule has 0 bridgehead atoms. The molecule has 8 aromatic rings. The normalized spacial score (nSPS) is 13.4. The largest absolute Gasteiger partial charge is 0.456 e. The van der Waals surface area contributed by atoms with Crippen molar-refractivity contribution in [1.82, 2.24) is 15.0 Å². The summed E-state index contributed by atoms with van der Waals surface area (Å²) in [6.07, 6.45) is 12.4. The molecule has 0 atom stereocenters. The first-order chi connectivity index (χ1) is 26.6. The van der Waals surface area contributed by atoms with Gasteiger partial charge in [-0.1, -0.05) is 164 Å². The first kappa shape index (κ1) is 34.2. The van der Waals surface area contributed by atoms with Gasteiger partial charge in [-0.05, 0) is 76.4 Å². The molecule has 54 heavy (non-hydrogen) atoms. The monoisotopic (exact) mass is 697 g/mol. The summed E-state index contributed by atoms with van der Waals surface area (Å²) in [5.41, 5.74) is 8.91. The van der Waals surface area contributed by atoms with E-state index < -0.39 is 0 Å². The molecule has 0 aliphatic carbocycles. The van der Waals surface area contributed by atoms with Gasteiger partial charge in [0, 0.05) is 27.3 Å². The van der Waals surface area contributed by atoms with Gasteiger partial charge in [0.25, 0.3) is 0 Å². The zero-order chi connectivity index (χ0) is 37.0. The average Bonchev–Trinajstić information content (AvgIpc) is 3.60. The third-order valence-corrected chi connectivity index (χ3v) is 9.87. The number of hydrogen-bond donors (Lipinski definition) is 0. The fourth-order valence-electron chi connectivity index (χ4n) is 7.24. The SMILES string of the molecule is C=C/C=c1/c(-c2nc(-c3ccccc3)nc(-c3ccccc3)n2)c(-c2ccc(/C(C)=C/C=c3/oc4ccccc4/c3=C/C)c3ccccc23)cc/c1=C/C. The van der Waals surface area contributed by atoms with Gasteiger partial charge in [0.2, 0.25) is 0 Å². The van der Waals surface area contributed by atoms with E-state index in [1.165, 1.54) is 0 Å². The summed E-state index contributed by atoms with van der Waals surface area (Å²) in [7, 11) is 0. The molecule has 0 N–H and O–H groups in total. The molecule has 0 unspecified atom stereocenters. The number of para-hydroxylation sites is 1. The average molecular weight is 698 g/mol. The van der Waals surface area contributed by atoms with Gasteiger partial charge in [-0.15, -0.1) is 0 Å². The predicted octanol–water partition coefficient (Wildman–Crippen LogP) is 9.89. The number of aromatic nitrogens is 3. The number of allylic oxidation sites excluding steroid dienone is 3. The highest BCUT2D eigenvalue weighted by molar-refractivity contribution is 6.05. The van der Waals surface area contributed by atoms with Crippen LogP contribution in [0, 0.1) is 0 Å². The number of furan rings is 1. The Hall–Kier alpha value is -6.91. The molecule has 2 aromatic heterocycles. The molecule has 0 fully saturated rings. The summed E-state index contributed by atoms with van der Waals surface area (Å²) in [5, 5.41) is 6.58. The molecule has 0 saturated heterocycles. The third-order valence-electron chi connectivity index (χ3n) is 9.87. The van der Waals surface area contributed by atoms with Crippen molar-refractivity contribution in [3.63, 3.8) is 0 Å². The van der Waals surface area contributed by atoms with Crippen molar-refractivity contribution in [2.24, 2.45) is 0 Å². The Kier molecular flexibility index (Phi) is 9.49. The lowest BCUT2D eigenvalue weighted by Crippen LogP contribution is -2.27. The summed E-state index contributed by atoms with van der Waals surface area (Å²) in [6.45, 7) is 10.4. The second-order valence-corrected chi connectivity index (χ2v) is 13.1. The van der Waals surface area contributed by atoms with Gasteiger partial charge in [-0.3, -0.25) is 0 Å². The van der Waals surface area contributed by atoms with Crippen LogP contribution in [-0.4, -0.2) is 15.0 Å². The molecule has 2 heterocycles. The van der Waals surface area contributed by atoms with Crippen molar-refractivity contribution in [3.8, 4) is 45.3 Å². The first-order valence-electron chi connectivity index (χ1n) is 18.2. The Morgan fingerprint density at radius 3 is 1.80 bits per heavy atom. The van der Waals surface area contributed by atoms with E-state index in [1.54, 1.807) is 0 Å². The molecular formula is C50H39N3O. The Morgan fingerprint density at radius 2 is 1.15 bits per heavy atom. The van der Waals surface area contributed by atoms with Gasteiger partial charge < -0.3 is 4.42 Å². The van der Waals surface area contributed by atoms with Crippen LogP contribution in [0.5, 0.6) is 0 Å². The highest BCUT2D eigenvalue weighted by Gasteiger charge is 2.19. The van der Waals surface area contributed by atoms with Crippen LogP contribution in [0.15, 0.2) is 157 Å². The molecule has 0 radical (unpaired) electrons. The summed E-state index contributed by atoms with van der Waals surface area (Å²) in [4.78, 5) is 15.4. The summed E-state index contributed by atoms with van der Waals surface area (Å²) < 4.78 is 6.26. The van der Waals surface area contributed by atoms with E-state index in [9.17, 15) is 0 Å². The van der Waals surface area contributed by atoms with E-state index in [1.807, 2.05) is 84.9 Å². The maximum Gasteiger partial charge on any atom is 0.165 e. The zero-order valence-corrected chi connectivity index (χ0v) is 30.6. The molecule has 0 saturated carbocycles. The minimum absolute atomic E-state index is 0.600. The fourth-order valence-corrected chi connectivity index (χ4v) is 7.24. The highest BCUT2D eigenvalue weighted by Crippen LogP contribution is 2.37. The molecule has 8 rings (SSSR count). The summed E-state index contributed by atoms with van der Waals surface area (Å²) >= 11 is 0. The fraction of sp³-hybridized carbons (Fsp3) is 0.0600. The van der Waals surface area contributed by atoms with Crippen LogP contribution in [0.1, 0.15) is 26.3 Å². The van der Waals surface area contributed by atoms with Gasteiger partial charge in [0.15, 0.2) is 17.5 Å². The molecule has 0 aliphatic rings. The minimum atomic E-state index is 0.600. The zero-order valence-electron chi connectivity index (χ0n) is 30.6. The number of benzene rings is 6. The van der Waals surface area contributed by atoms with Crippen molar-refractivity contribution < 1.29 is 4.42 Å². The van der Waals surface area contributed by atoms with Gasteiger partial charge >= 0.3 is 0 Å². The molecule has 0 amide bonds. The maximum atomic E-state index is 6.26. The Labute approximate surface area is 314 Å². The molecule has 0 aliphatic heterocycles. The molecule has 0 spiro atoms. The predicted molar refractivity (Wildman–Crippen MR) is 227 cm³/mol. The van der Waals surface area contributed by atoms with Crippen molar-refractivity contribution >= 4 is 51.6 Å². The lowest BCUT2D eigenvalue weighted by molar-refractivity contribution is 0.575. The second-order valence-electron chi connectivity index (χ2n) is 13.1. The summed E-state index contributed by atoms with van der Waals surface area (Å²) in [5.74, 6) is 1.83. The minimum Gasteiger partial charge on any atom is -0.456 e. The van der Waals surface area contributed by atoms with Gasteiger partial charge in [0.1, 0.15) is 11.0 Å². The standard InChI is InChI=1S/C50H39N3O/c1-5-18-39-34(6-2)28-29-44(47(39)50-52-48(35-19-10-8-11-20-35)51-49(53-50)36-21-12-9-13-22-36)42-31-30-38(40-23-14-15-24-41(40)42)33(4)27-32-46-37(7-3)43-25-16-17-26-45(43)54-46/h5-32H,1H2,2-4H3/b33-27+,34-6-,37-7-,39-18+,46-32+. The van der Waals surface area contributed by atoms with Gasteiger partial charge in [-0.2, -0.15) is 0 Å². The second kappa shape index (κ2) is 15.0. The Balaban J connectivity index is 1.37. The smallest absolute Gasteiger partial charge is 0.165 e. The van der Waals surface area contributed by atoms with Crippen LogP contribution in [0.2, 0.25) is 0 Å². The molecule has 260 valence electrons. The Morgan fingerprint density at radius 1 is 0.556 bits per heavy atom. The number of rotatable bonds is 7. The lowest BCUT2D eigenvalue weighted by Gasteiger charge is -2.17. The summed E-state index contributed by atoms with van der Waals surface area (Å²) in [6, 6.07) is 45.8. The van der Waals surface area contributed by atoms with Gasteiger partial charge in [-0.25, -0.2) is 15.0 Å². The van der Waals surface area contributed by atoms with Crippen LogP contribution in [0.3, 0.4) is 0 Å². The van der Waals surface area contributed by atoms with Crippen LogP contribution in [0.4, 0.5) is 0 Å². The van der Waals surface area contributed by atoms with Crippen molar-refractivity contribution in [3.05, 3.63) is 179 Å². The maximum absolute atomic E-state index is 6.26. The molecular weight excluding hydrogens is 659 g/mol. The molecule has 4 heteroatoms. The quantitative estimate of drug-likeness (QED) is 0.166. The van der Waals surface area contributed by atoms with E-state index in [4.69, 9.17) is 19.4 Å². The molecule has 4 nitrogen and oxygen atoms in total. The van der Waals surface area contributed by atoms with E-state index in [2.05, 4.69) is 112 Å². The lowest BCUT2D eigenvalue weighted by atomic mass is 9.89. The number of hydrogen-bond acceptors (Lipinski definition) is 4. The van der Waals surface area contributed by atoms with Crippen LogP contribution < -0.4 is 21.1 Å². The number of nitrogens with zero attached hydrogens (tertiary/aromatic N) is 3. The Bertz CT molecular complexity index is 2920. The van der Waals surface area contributed by atoms with E-state index in [0.29, 0.717) is 17.5 Å². The first-order valence-corrected chi connectivity index (χ1v) is 18.2. The van der Waals surface area contributed by atoms with Crippen molar-refractivity contribution in [2.45, 2.75) is 20.8 Å². The third kappa shape index (κ3) is 6.39. The van der Waals surface area contributed by atoms with Crippen molar-refractivity contribution in [2.75, 3.05) is 0 Å². The van der Waals surface area contributed by atoms with Crippen LogP contribution in [0.25, 0.3) is 96.9 Å². The van der Waals surface area contributed by atoms with Crippen molar-refractivity contribution in [1.29, 1.82) is 0 Å². The molecule has 6 aromatic carbocycles.